The van der Waals surface area contributed by atoms with E-state index in [-0.39, 0.29) is 6.10 Å². The molecule has 2 fully saturated rings. The van der Waals surface area contributed by atoms with Crippen molar-refractivity contribution in [3.8, 4) is 0 Å². The van der Waals surface area contributed by atoms with E-state index in [4.69, 9.17) is 4.74 Å². The van der Waals surface area contributed by atoms with E-state index >= 15 is 0 Å². The number of likely N-dealkylation sites (tertiary alicyclic amines) is 1. The van der Waals surface area contributed by atoms with Crippen LogP contribution in [0.15, 0.2) is 30.3 Å². The van der Waals surface area contributed by atoms with Gasteiger partial charge in [-0.25, -0.2) is 0 Å². The third-order valence-corrected chi connectivity index (χ3v) is 5.98. The first-order valence-corrected chi connectivity index (χ1v) is 10.4. The van der Waals surface area contributed by atoms with Gasteiger partial charge in [-0.05, 0) is 56.8 Å². The van der Waals surface area contributed by atoms with Crippen LogP contribution in [0.5, 0.6) is 0 Å². The first-order valence-electron chi connectivity index (χ1n) is 10.4. The van der Waals surface area contributed by atoms with Crippen LogP contribution in [-0.2, 0) is 4.74 Å². The van der Waals surface area contributed by atoms with Crippen molar-refractivity contribution < 1.29 is 4.74 Å². The van der Waals surface area contributed by atoms with E-state index in [0.29, 0.717) is 12.0 Å². The molecule has 3 unspecified atom stereocenters. The van der Waals surface area contributed by atoms with E-state index in [0.717, 1.165) is 6.73 Å². The molecular formula is C22H36N2O. The molecule has 0 bridgehead atoms. The van der Waals surface area contributed by atoms with E-state index in [1.54, 1.807) is 0 Å². The van der Waals surface area contributed by atoms with Crippen molar-refractivity contribution >= 4 is 0 Å². The first-order chi connectivity index (χ1) is 12.3. The number of rotatable bonds is 8. The van der Waals surface area contributed by atoms with Gasteiger partial charge in [0.2, 0.25) is 0 Å². The smallest absolute Gasteiger partial charge is 0.100 e. The van der Waals surface area contributed by atoms with Gasteiger partial charge in [0.15, 0.2) is 0 Å². The van der Waals surface area contributed by atoms with Gasteiger partial charge in [0.1, 0.15) is 12.8 Å². The summed E-state index contributed by atoms with van der Waals surface area (Å²) in [6, 6.07) is 11.3. The largest absolute Gasteiger partial charge is 0.356 e. The van der Waals surface area contributed by atoms with E-state index in [2.05, 4.69) is 54.0 Å². The topological polar surface area (TPSA) is 15.7 Å². The van der Waals surface area contributed by atoms with Gasteiger partial charge in [0, 0.05) is 12.6 Å². The molecule has 140 valence electrons. The van der Waals surface area contributed by atoms with Gasteiger partial charge >= 0.3 is 0 Å². The number of hydrogen-bond donors (Lipinski definition) is 0. The zero-order valence-electron chi connectivity index (χ0n) is 16.2. The van der Waals surface area contributed by atoms with Gasteiger partial charge in [0.05, 0.1) is 0 Å². The Morgan fingerprint density at radius 2 is 1.84 bits per heavy atom. The Kier molecular flexibility index (Phi) is 7.33. The molecule has 2 saturated heterocycles. The Morgan fingerprint density at radius 3 is 2.56 bits per heavy atom. The third-order valence-electron chi connectivity index (χ3n) is 5.98. The Labute approximate surface area is 154 Å². The fourth-order valence-corrected chi connectivity index (χ4v) is 4.67. The van der Waals surface area contributed by atoms with Crippen LogP contribution in [0.25, 0.3) is 0 Å². The molecule has 2 heterocycles. The van der Waals surface area contributed by atoms with Crippen LogP contribution in [0.1, 0.15) is 64.0 Å². The fourth-order valence-electron chi connectivity index (χ4n) is 4.67. The summed E-state index contributed by atoms with van der Waals surface area (Å²) < 4.78 is 6.29. The lowest BCUT2D eigenvalue weighted by atomic mass is 9.89. The highest BCUT2D eigenvalue weighted by atomic mass is 16.5. The molecule has 3 nitrogen and oxygen atoms in total. The molecule has 3 rings (SSSR count). The maximum absolute atomic E-state index is 6.29. The van der Waals surface area contributed by atoms with Crippen molar-refractivity contribution in [2.45, 2.75) is 64.5 Å². The van der Waals surface area contributed by atoms with Gasteiger partial charge in [0.25, 0.3) is 0 Å². The van der Waals surface area contributed by atoms with E-state index < -0.39 is 0 Å². The highest BCUT2D eigenvalue weighted by Gasteiger charge is 2.38. The molecule has 0 radical (unpaired) electrons. The maximum atomic E-state index is 6.29. The lowest BCUT2D eigenvalue weighted by Crippen LogP contribution is -2.39. The maximum Gasteiger partial charge on any atom is 0.100 e. The fraction of sp³-hybridized carbons (Fsp3) is 0.727. The Balaban J connectivity index is 1.59. The van der Waals surface area contributed by atoms with Gasteiger partial charge in [-0.1, -0.05) is 57.0 Å². The molecule has 2 aliphatic heterocycles. The molecule has 0 N–H and O–H groups in total. The van der Waals surface area contributed by atoms with Crippen LogP contribution in [-0.4, -0.2) is 48.8 Å². The zero-order valence-corrected chi connectivity index (χ0v) is 16.2. The van der Waals surface area contributed by atoms with Gasteiger partial charge < -0.3 is 9.64 Å². The van der Waals surface area contributed by atoms with Crippen LogP contribution in [0.3, 0.4) is 0 Å². The van der Waals surface area contributed by atoms with E-state index in [1.165, 1.54) is 70.3 Å². The van der Waals surface area contributed by atoms with Crippen molar-refractivity contribution in [2.24, 2.45) is 5.92 Å². The van der Waals surface area contributed by atoms with Crippen LogP contribution < -0.4 is 0 Å². The van der Waals surface area contributed by atoms with Gasteiger partial charge in [-0.3, -0.25) is 4.90 Å². The zero-order chi connectivity index (χ0) is 17.5. The minimum Gasteiger partial charge on any atom is -0.356 e. The minimum absolute atomic E-state index is 0.234. The minimum atomic E-state index is 0.234. The Morgan fingerprint density at radius 1 is 1.08 bits per heavy atom. The highest BCUT2D eigenvalue weighted by molar-refractivity contribution is 5.20. The number of piperidine rings is 1. The molecule has 0 aliphatic carbocycles. The number of ether oxygens (including phenoxy) is 1. The lowest BCUT2D eigenvalue weighted by molar-refractivity contribution is 0.0860. The second-order valence-corrected chi connectivity index (χ2v) is 7.95. The Bertz CT molecular complexity index is 486. The summed E-state index contributed by atoms with van der Waals surface area (Å²) in [6.07, 6.45) is 8.23. The molecule has 3 atom stereocenters. The summed E-state index contributed by atoms with van der Waals surface area (Å²) >= 11 is 0. The quantitative estimate of drug-likeness (QED) is 0.680. The summed E-state index contributed by atoms with van der Waals surface area (Å²) in [4.78, 5) is 5.27. The number of hydrogen-bond acceptors (Lipinski definition) is 3. The molecule has 25 heavy (non-hydrogen) atoms. The lowest BCUT2D eigenvalue weighted by Gasteiger charge is -2.32. The monoisotopic (exact) mass is 344 g/mol. The summed E-state index contributed by atoms with van der Waals surface area (Å²) in [6.45, 7) is 10.5. The summed E-state index contributed by atoms with van der Waals surface area (Å²) in [7, 11) is 0. The normalized spacial score (nSPS) is 26.8. The second-order valence-electron chi connectivity index (χ2n) is 7.95. The van der Waals surface area contributed by atoms with Crippen molar-refractivity contribution in [3.63, 3.8) is 0 Å². The standard InChI is InChI=1S/C22H36N2O/c1-3-11-19(2)21-22(20-12-6-4-7-13-20)25-18-24(21)17-10-16-23-14-8-5-9-15-23/h4,6-7,12-13,19,21-22H,3,5,8-11,14-18H2,1-2H3. The summed E-state index contributed by atoms with van der Waals surface area (Å²) in [5, 5.41) is 0. The average Bonchev–Trinajstić information content (AvgIpc) is 3.07. The average molecular weight is 345 g/mol. The molecular weight excluding hydrogens is 308 g/mol. The predicted molar refractivity (Wildman–Crippen MR) is 105 cm³/mol. The van der Waals surface area contributed by atoms with Crippen LogP contribution >= 0.6 is 0 Å². The van der Waals surface area contributed by atoms with Crippen molar-refractivity contribution in [2.75, 3.05) is 32.9 Å². The summed E-state index contributed by atoms with van der Waals surface area (Å²) in [5.74, 6) is 0.674. The molecule has 3 heteroatoms. The van der Waals surface area contributed by atoms with Crippen molar-refractivity contribution in [1.82, 2.24) is 9.80 Å². The SMILES string of the molecule is CCCC(C)C1C(c2ccccc2)OCN1CCCN1CCCCC1. The van der Waals surface area contributed by atoms with E-state index in [1.807, 2.05) is 0 Å². The molecule has 0 saturated carbocycles. The molecule has 0 aromatic heterocycles. The molecule has 1 aromatic rings. The van der Waals surface area contributed by atoms with E-state index in [9.17, 15) is 0 Å². The second kappa shape index (κ2) is 9.70. The van der Waals surface area contributed by atoms with Crippen molar-refractivity contribution in [1.29, 1.82) is 0 Å². The van der Waals surface area contributed by atoms with Crippen molar-refractivity contribution in [3.05, 3.63) is 35.9 Å². The van der Waals surface area contributed by atoms with Gasteiger partial charge in [-0.15, -0.1) is 0 Å². The third kappa shape index (κ3) is 5.06. The molecule has 0 spiro atoms. The first kappa shape index (κ1) is 18.9. The van der Waals surface area contributed by atoms with Crippen LogP contribution in [0.4, 0.5) is 0 Å². The van der Waals surface area contributed by atoms with Crippen LogP contribution in [0, 0.1) is 5.92 Å². The number of nitrogens with zero attached hydrogens (tertiary/aromatic N) is 2. The Hall–Kier alpha value is -0.900. The molecule has 1 aromatic carbocycles. The highest BCUT2D eigenvalue weighted by Crippen LogP contribution is 2.36. The molecule has 0 amide bonds. The predicted octanol–water partition coefficient (Wildman–Crippen LogP) is 4.70. The van der Waals surface area contributed by atoms with Crippen LogP contribution in [0.2, 0.25) is 0 Å². The van der Waals surface area contributed by atoms with Gasteiger partial charge in [-0.2, -0.15) is 0 Å². The summed E-state index contributed by atoms with van der Waals surface area (Å²) in [5.41, 5.74) is 1.34. The number of benzene rings is 1. The molecule has 2 aliphatic rings.